The number of nitrogens with zero attached hydrogens (tertiary/aromatic N) is 4. The van der Waals surface area contributed by atoms with E-state index in [0.717, 1.165) is 0 Å². The molecule has 1 aliphatic heterocycles. The van der Waals surface area contributed by atoms with Gasteiger partial charge in [-0.25, -0.2) is 15.1 Å². The zero-order valence-corrected chi connectivity index (χ0v) is 8.77. The Morgan fingerprint density at radius 2 is 1.93 bits per heavy atom. The average Bonchev–Trinajstić information content (AvgIpc) is 1.99. The Morgan fingerprint density at radius 3 is 2.33 bits per heavy atom. The minimum atomic E-state index is -0.983. The topological polar surface area (TPSA) is 102 Å². The molecule has 0 aromatic carbocycles. The SMILES string of the molecule is CC1N=C(Cl)C([N+](=O)[O-])=C(Cl)N1[N+](=O)[O-]. The van der Waals surface area contributed by atoms with Gasteiger partial charge in [-0.2, -0.15) is 0 Å². The van der Waals surface area contributed by atoms with Crippen LogP contribution < -0.4 is 0 Å². The van der Waals surface area contributed by atoms with Gasteiger partial charge >= 0.3 is 5.70 Å². The average molecular weight is 255 g/mol. The van der Waals surface area contributed by atoms with Crippen LogP contribution in [0.4, 0.5) is 0 Å². The molecular weight excluding hydrogens is 251 g/mol. The summed E-state index contributed by atoms with van der Waals surface area (Å²) in [7, 11) is 0. The first kappa shape index (κ1) is 11.7. The molecule has 1 aliphatic rings. The fraction of sp³-hybridized carbons (Fsp3) is 0.400. The molecule has 1 unspecified atom stereocenters. The van der Waals surface area contributed by atoms with Crippen LogP contribution in [0.3, 0.4) is 0 Å². The van der Waals surface area contributed by atoms with Crippen molar-refractivity contribution in [3.05, 3.63) is 31.1 Å². The van der Waals surface area contributed by atoms with E-state index in [1.807, 2.05) is 0 Å². The van der Waals surface area contributed by atoms with Gasteiger partial charge in [0, 0.05) is 0 Å². The highest BCUT2D eigenvalue weighted by Gasteiger charge is 2.40. The molecule has 0 aromatic rings. The summed E-state index contributed by atoms with van der Waals surface area (Å²) in [5.74, 6) is 0. The Kier molecular flexibility index (Phi) is 3.10. The van der Waals surface area contributed by atoms with Crippen molar-refractivity contribution in [3.8, 4) is 0 Å². The van der Waals surface area contributed by atoms with Gasteiger partial charge in [0.15, 0.2) is 11.2 Å². The van der Waals surface area contributed by atoms with Gasteiger partial charge in [0.05, 0.1) is 4.92 Å². The smallest absolute Gasteiger partial charge is 0.258 e. The van der Waals surface area contributed by atoms with Crippen LogP contribution in [-0.2, 0) is 0 Å². The van der Waals surface area contributed by atoms with E-state index in [4.69, 9.17) is 23.2 Å². The van der Waals surface area contributed by atoms with Gasteiger partial charge in [-0.3, -0.25) is 10.1 Å². The van der Waals surface area contributed by atoms with Crippen molar-refractivity contribution >= 4 is 28.4 Å². The van der Waals surface area contributed by atoms with Crippen molar-refractivity contribution in [2.75, 3.05) is 0 Å². The number of hydrogen-bond acceptors (Lipinski definition) is 5. The molecule has 0 N–H and O–H groups in total. The number of hydrazine groups is 1. The van der Waals surface area contributed by atoms with E-state index in [2.05, 4.69) is 4.99 Å². The lowest BCUT2D eigenvalue weighted by molar-refractivity contribution is -0.651. The third-order valence-corrected chi connectivity index (χ3v) is 2.23. The van der Waals surface area contributed by atoms with E-state index in [0.29, 0.717) is 5.01 Å². The van der Waals surface area contributed by atoms with Gasteiger partial charge in [-0.1, -0.05) is 28.2 Å². The highest BCUT2D eigenvalue weighted by molar-refractivity contribution is 6.69. The summed E-state index contributed by atoms with van der Waals surface area (Å²) in [6, 6.07) is 0. The molecule has 0 aliphatic carbocycles. The van der Waals surface area contributed by atoms with E-state index in [9.17, 15) is 20.2 Å². The van der Waals surface area contributed by atoms with E-state index in [1.165, 1.54) is 6.92 Å². The summed E-state index contributed by atoms with van der Waals surface area (Å²) in [6.07, 6.45) is -0.983. The summed E-state index contributed by atoms with van der Waals surface area (Å²) in [6.45, 7) is 1.34. The summed E-state index contributed by atoms with van der Waals surface area (Å²) in [5.41, 5.74) is -0.770. The molecule has 1 heterocycles. The van der Waals surface area contributed by atoms with Crippen LogP contribution in [0.1, 0.15) is 6.92 Å². The molecule has 10 heteroatoms. The van der Waals surface area contributed by atoms with Crippen molar-refractivity contribution in [2.24, 2.45) is 4.99 Å². The first-order valence-corrected chi connectivity index (χ1v) is 4.33. The molecule has 15 heavy (non-hydrogen) atoms. The first-order valence-electron chi connectivity index (χ1n) is 3.57. The molecule has 1 atom stereocenters. The lowest BCUT2D eigenvalue weighted by Crippen LogP contribution is -2.39. The summed E-state index contributed by atoms with van der Waals surface area (Å²) < 4.78 is 0. The maximum Gasteiger partial charge on any atom is 0.346 e. The van der Waals surface area contributed by atoms with Crippen molar-refractivity contribution in [1.82, 2.24) is 5.01 Å². The van der Waals surface area contributed by atoms with Gasteiger partial charge < -0.3 is 0 Å². The van der Waals surface area contributed by atoms with Gasteiger partial charge in [-0.15, -0.1) is 0 Å². The molecule has 0 saturated heterocycles. The Balaban J connectivity index is 3.28. The predicted octanol–water partition coefficient (Wildman–Crippen LogP) is 1.16. The molecule has 1 rings (SSSR count). The maximum atomic E-state index is 10.5. The summed E-state index contributed by atoms with van der Waals surface area (Å²) in [4.78, 5) is 23.6. The molecule has 0 saturated carbocycles. The second-order valence-electron chi connectivity index (χ2n) is 2.53. The fourth-order valence-electron chi connectivity index (χ4n) is 0.996. The zero-order valence-electron chi connectivity index (χ0n) is 7.26. The zero-order chi connectivity index (χ0) is 11.7. The van der Waals surface area contributed by atoms with Crippen LogP contribution in [0.2, 0.25) is 0 Å². The monoisotopic (exact) mass is 254 g/mol. The second-order valence-corrected chi connectivity index (χ2v) is 3.25. The number of aliphatic imine (C=N–C) groups is 1. The van der Waals surface area contributed by atoms with Crippen molar-refractivity contribution in [2.45, 2.75) is 13.1 Å². The number of halogens is 2. The Bertz CT molecular complexity index is 392. The molecular formula is C5H4Cl2N4O4. The van der Waals surface area contributed by atoms with Gasteiger partial charge in [0.2, 0.25) is 5.17 Å². The van der Waals surface area contributed by atoms with E-state index in [1.54, 1.807) is 0 Å². The van der Waals surface area contributed by atoms with Crippen LogP contribution in [0.25, 0.3) is 0 Å². The molecule has 0 aromatic heterocycles. The quantitative estimate of drug-likeness (QED) is 0.418. The Morgan fingerprint density at radius 1 is 1.40 bits per heavy atom. The number of rotatable bonds is 2. The molecule has 0 amide bonds. The van der Waals surface area contributed by atoms with E-state index < -0.39 is 32.1 Å². The van der Waals surface area contributed by atoms with Crippen molar-refractivity contribution in [3.63, 3.8) is 0 Å². The lowest BCUT2D eigenvalue weighted by atomic mass is 10.4. The second kappa shape index (κ2) is 3.99. The fourth-order valence-corrected chi connectivity index (χ4v) is 1.71. The lowest BCUT2D eigenvalue weighted by Gasteiger charge is -2.20. The third kappa shape index (κ3) is 2.00. The maximum absolute atomic E-state index is 10.5. The van der Waals surface area contributed by atoms with Crippen LogP contribution in [0.5, 0.6) is 0 Å². The minimum Gasteiger partial charge on any atom is -0.258 e. The van der Waals surface area contributed by atoms with Crippen molar-refractivity contribution < 1.29 is 9.96 Å². The highest BCUT2D eigenvalue weighted by Crippen LogP contribution is 2.26. The number of hydrogen-bond donors (Lipinski definition) is 0. The summed E-state index contributed by atoms with van der Waals surface area (Å²) in [5, 5.41) is 19.4. The molecule has 0 radical (unpaired) electrons. The largest absolute Gasteiger partial charge is 0.346 e. The Hall–Kier alpha value is -1.41. The standard InChI is InChI=1S/C5H4Cl2N4O4/c1-2-8-4(6)3(10(12)13)5(7)9(2)11(14)15/h2H,1H3. The normalized spacial score (nSPS) is 21.4. The molecule has 0 fully saturated rings. The van der Waals surface area contributed by atoms with E-state index in [-0.39, 0.29) is 0 Å². The third-order valence-electron chi connectivity index (χ3n) is 1.60. The molecule has 8 nitrogen and oxygen atoms in total. The van der Waals surface area contributed by atoms with Gasteiger partial charge in [0.25, 0.3) is 5.16 Å². The number of allylic oxidation sites excluding steroid dienone is 1. The van der Waals surface area contributed by atoms with Crippen LogP contribution in [-0.4, -0.2) is 26.3 Å². The molecule has 0 bridgehead atoms. The van der Waals surface area contributed by atoms with Gasteiger partial charge in [0.1, 0.15) is 0 Å². The van der Waals surface area contributed by atoms with Gasteiger partial charge in [-0.05, 0) is 6.92 Å². The molecule has 82 valence electrons. The highest BCUT2D eigenvalue weighted by atomic mass is 35.5. The van der Waals surface area contributed by atoms with Crippen LogP contribution in [0.15, 0.2) is 15.8 Å². The predicted molar refractivity (Wildman–Crippen MR) is 51.5 cm³/mol. The minimum absolute atomic E-state index is 0.367. The number of nitro groups is 2. The van der Waals surface area contributed by atoms with Crippen LogP contribution >= 0.6 is 23.2 Å². The molecule has 0 spiro atoms. The summed E-state index contributed by atoms with van der Waals surface area (Å²) >= 11 is 10.9. The Labute approximate surface area is 93.0 Å². The van der Waals surface area contributed by atoms with Crippen LogP contribution in [0, 0.1) is 20.2 Å². The van der Waals surface area contributed by atoms with Crippen molar-refractivity contribution in [1.29, 1.82) is 0 Å². The van der Waals surface area contributed by atoms with E-state index >= 15 is 0 Å². The first-order chi connectivity index (χ1) is 6.86.